The van der Waals surface area contributed by atoms with Crippen molar-refractivity contribution in [1.29, 1.82) is 0 Å². The Labute approximate surface area is 115 Å². The van der Waals surface area contributed by atoms with Crippen LogP contribution >= 0.6 is 31.9 Å². The quantitative estimate of drug-likeness (QED) is 0.689. The Morgan fingerprint density at radius 2 is 2.06 bits per heavy atom. The fourth-order valence-electron chi connectivity index (χ4n) is 1.64. The summed E-state index contributed by atoms with van der Waals surface area (Å²) in [5, 5.41) is 0.904. The average molecular weight is 349 g/mol. The highest BCUT2D eigenvalue weighted by molar-refractivity contribution is 9.10. The second-order valence-corrected chi connectivity index (χ2v) is 5.73. The van der Waals surface area contributed by atoms with Crippen LogP contribution in [0.2, 0.25) is 0 Å². The standard InChI is InChI=1S/C13H19Br2N/c1-4-10(2)9-16(3)13-6-5-11(8-14)7-12(13)15/h5-7,10H,4,8-9H2,1-3H3. The largest absolute Gasteiger partial charge is 0.373 e. The molecule has 0 saturated heterocycles. The number of alkyl halides is 1. The molecule has 3 heteroatoms. The van der Waals surface area contributed by atoms with Crippen LogP contribution in [0.1, 0.15) is 25.8 Å². The molecule has 0 N–H and O–H groups in total. The maximum Gasteiger partial charge on any atom is 0.0508 e. The number of anilines is 1. The zero-order valence-electron chi connectivity index (χ0n) is 10.1. The van der Waals surface area contributed by atoms with Crippen LogP contribution in [0.15, 0.2) is 22.7 Å². The second kappa shape index (κ2) is 6.65. The van der Waals surface area contributed by atoms with Gasteiger partial charge < -0.3 is 4.90 Å². The first-order chi connectivity index (χ1) is 7.58. The lowest BCUT2D eigenvalue weighted by atomic mass is 10.1. The third-order valence-corrected chi connectivity index (χ3v) is 4.14. The minimum absolute atomic E-state index is 0.729. The van der Waals surface area contributed by atoms with E-state index >= 15 is 0 Å². The Morgan fingerprint density at radius 1 is 1.38 bits per heavy atom. The first-order valence-corrected chi connectivity index (χ1v) is 7.55. The molecule has 1 nitrogen and oxygen atoms in total. The van der Waals surface area contributed by atoms with E-state index in [1.165, 1.54) is 22.1 Å². The molecule has 0 aliphatic heterocycles. The Bertz CT molecular complexity index is 339. The van der Waals surface area contributed by atoms with E-state index in [1.54, 1.807) is 0 Å². The molecule has 0 aliphatic rings. The lowest BCUT2D eigenvalue weighted by Crippen LogP contribution is -2.23. The SMILES string of the molecule is CCC(C)CN(C)c1ccc(CBr)cc1Br. The highest BCUT2D eigenvalue weighted by atomic mass is 79.9. The van der Waals surface area contributed by atoms with Crippen LogP contribution in [0, 0.1) is 5.92 Å². The van der Waals surface area contributed by atoms with Gasteiger partial charge >= 0.3 is 0 Å². The summed E-state index contributed by atoms with van der Waals surface area (Å²) in [5.41, 5.74) is 2.57. The van der Waals surface area contributed by atoms with Gasteiger partial charge in [0.25, 0.3) is 0 Å². The smallest absolute Gasteiger partial charge is 0.0508 e. The Morgan fingerprint density at radius 3 is 2.56 bits per heavy atom. The monoisotopic (exact) mass is 347 g/mol. The van der Waals surface area contributed by atoms with Gasteiger partial charge in [0.2, 0.25) is 0 Å². The van der Waals surface area contributed by atoms with Crippen LogP contribution in [-0.2, 0) is 5.33 Å². The summed E-state index contributed by atoms with van der Waals surface area (Å²) in [7, 11) is 2.15. The van der Waals surface area contributed by atoms with E-state index < -0.39 is 0 Å². The molecular formula is C13H19Br2N. The van der Waals surface area contributed by atoms with Crippen molar-refractivity contribution in [2.75, 3.05) is 18.5 Å². The van der Waals surface area contributed by atoms with Gasteiger partial charge in [-0.05, 0) is 39.5 Å². The molecule has 16 heavy (non-hydrogen) atoms. The number of nitrogens with zero attached hydrogens (tertiary/aromatic N) is 1. The van der Waals surface area contributed by atoms with Crippen molar-refractivity contribution in [3.63, 3.8) is 0 Å². The highest BCUT2D eigenvalue weighted by Crippen LogP contribution is 2.28. The molecule has 0 amide bonds. The Kier molecular flexibility index (Phi) is 5.84. The number of rotatable bonds is 5. The lowest BCUT2D eigenvalue weighted by Gasteiger charge is -2.24. The number of hydrogen-bond acceptors (Lipinski definition) is 1. The molecule has 90 valence electrons. The summed E-state index contributed by atoms with van der Waals surface area (Å²) in [4.78, 5) is 2.32. The van der Waals surface area contributed by atoms with Crippen LogP contribution < -0.4 is 4.90 Å². The van der Waals surface area contributed by atoms with E-state index in [1.807, 2.05) is 0 Å². The maximum absolute atomic E-state index is 3.64. The average Bonchev–Trinajstić information content (AvgIpc) is 2.28. The van der Waals surface area contributed by atoms with Gasteiger partial charge in [-0.1, -0.05) is 42.3 Å². The molecule has 1 unspecified atom stereocenters. The molecule has 0 aromatic heterocycles. The molecule has 1 rings (SSSR count). The molecule has 1 aromatic rings. The van der Waals surface area contributed by atoms with Gasteiger partial charge in [-0.2, -0.15) is 0 Å². The molecule has 0 spiro atoms. The summed E-state index contributed by atoms with van der Waals surface area (Å²) < 4.78 is 1.18. The predicted octanol–water partition coefficient (Wildman–Crippen LogP) is 4.83. The van der Waals surface area contributed by atoms with Crippen molar-refractivity contribution in [3.05, 3.63) is 28.2 Å². The molecule has 0 fully saturated rings. The summed E-state index contributed by atoms with van der Waals surface area (Å²) in [6.45, 7) is 5.63. The van der Waals surface area contributed by atoms with E-state index in [0.29, 0.717) is 0 Å². The molecular weight excluding hydrogens is 330 g/mol. The highest BCUT2D eigenvalue weighted by Gasteiger charge is 2.09. The fourth-order valence-corrected chi connectivity index (χ4v) is 2.72. The van der Waals surface area contributed by atoms with Crippen molar-refractivity contribution in [1.82, 2.24) is 0 Å². The van der Waals surface area contributed by atoms with Gasteiger partial charge in [-0.25, -0.2) is 0 Å². The molecule has 1 atom stereocenters. The zero-order chi connectivity index (χ0) is 12.1. The summed E-state index contributed by atoms with van der Waals surface area (Å²) >= 11 is 7.11. The summed E-state index contributed by atoms with van der Waals surface area (Å²) in [5.74, 6) is 0.729. The first kappa shape index (κ1) is 14.0. The number of benzene rings is 1. The Balaban J connectivity index is 2.79. The fraction of sp³-hybridized carbons (Fsp3) is 0.538. The number of halogens is 2. The van der Waals surface area contributed by atoms with Gasteiger partial charge in [0.15, 0.2) is 0 Å². The maximum atomic E-state index is 3.64. The van der Waals surface area contributed by atoms with Gasteiger partial charge in [0.05, 0.1) is 5.69 Å². The summed E-state index contributed by atoms with van der Waals surface area (Å²) in [6.07, 6.45) is 1.22. The normalized spacial score (nSPS) is 12.6. The van der Waals surface area contributed by atoms with Crippen LogP contribution in [-0.4, -0.2) is 13.6 Å². The molecule has 1 aromatic carbocycles. The van der Waals surface area contributed by atoms with E-state index in [-0.39, 0.29) is 0 Å². The van der Waals surface area contributed by atoms with E-state index in [2.05, 4.69) is 75.9 Å². The van der Waals surface area contributed by atoms with E-state index in [4.69, 9.17) is 0 Å². The van der Waals surface area contributed by atoms with Crippen LogP contribution in [0.25, 0.3) is 0 Å². The van der Waals surface area contributed by atoms with Gasteiger partial charge in [-0.3, -0.25) is 0 Å². The molecule has 0 bridgehead atoms. The molecule has 0 radical (unpaired) electrons. The van der Waals surface area contributed by atoms with Crippen molar-refractivity contribution >= 4 is 37.5 Å². The number of hydrogen-bond donors (Lipinski definition) is 0. The van der Waals surface area contributed by atoms with Crippen molar-refractivity contribution in [2.24, 2.45) is 5.92 Å². The minimum atomic E-state index is 0.729. The van der Waals surface area contributed by atoms with Gasteiger partial charge in [0.1, 0.15) is 0 Å². The molecule has 0 heterocycles. The van der Waals surface area contributed by atoms with Crippen molar-refractivity contribution < 1.29 is 0 Å². The predicted molar refractivity (Wildman–Crippen MR) is 79.5 cm³/mol. The first-order valence-electron chi connectivity index (χ1n) is 5.64. The third kappa shape index (κ3) is 3.77. The van der Waals surface area contributed by atoms with Gasteiger partial charge in [-0.15, -0.1) is 0 Å². The van der Waals surface area contributed by atoms with Crippen LogP contribution in [0.4, 0.5) is 5.69 Å². The lowest BCUT2D eigenvalue weighted by molar-refractivity contribution is 0.559. The minimum Gasteiger partial charge on any atom is -0.373 e. The van der Waals surface area contributed by atoms with Crippen molar-refractivity contribution in [2.45, 2.75) is 25.6 Å². The van der Waals surface area contributed by atoms with E-state index in [9.17, 15) is 0 Å². The zero-order valence-corrected chi connectivity index (χ0v) is 13.3. The van der Waals surface area contributed by atoms with Crippen LogP contribution in [0.3, 0.4) is 0 Å². The third-order valence-electron chi connectivity index (χ3n) is 2.86. The summed E-state index contributed by atoms with van der Waals surface area (Å²) in [6, 6.07) is 6.53. The van der Waals surface area contributed by atoms with Gasteiger partial charge in [0, 0.05) is 23.4 Å². The van der Waals surface area contributed by atoms with Crippen LogP contribution in [0.5, 0.6) is 0 Å². The van der Waals surface area contributed by atoms with E-state index in [0.717, 1.165) is 17.8 Å². The molecule has 0 aliphatic carbocycles. The Hall–Kier alpha value is -0.0200. The topological polar surface area (TPSA) is 3.24 Å². The molecule has 0 saturated carbocycles. The van der Waals surface area contributed by atoms with Crippen molar-refractivity contribution in [3.8, 4) is 0 Å². The second-order valence-electron chi connectivity index (χ2n) is 4.31.